The van der Waals surface area contributed by atoms with Crippen molar-refractivity contribution < 1.29 is 37.9 Å². The van der Waals surface area contributed by atoms with Crippen molar-refractivity contribution in [2.45, 2.75) is 158 Å². The van der Waals surface area contributed by atoms with Gasteiger partial charge in [0.15, 0.2) is 23.3 Å². The molecule has 0 atom stereocenters. The molecule has 0 saturated heterocycles. The summed E-state index contributed by atoms with van der Waals surface area (Å²) in [5.41, 5.74) is 32.1. The van der Waals surface area contributed by atoms with E-state index in [1.54, 1.807) is 0 Å². The van der Waals surface area contributed by atoms with E-state index in [1.165, 1.54) is 89.0 Å². The van der Waals surface area contributed by atoms with Crippen LogP contribution in [0.2, 0.25) is 0 Å². The first-order valence-electron chi connectivity index (χ1n) is 49.7. The third-order valence-electron chi connectivity index (χ3n) is 29.3. The first-order chi connectivity index (χ1) is 66.2. The first-order valence-corrected chi connectivity index (χ1v) is 49.7. The predicted octanol–water partition coefficient (Wildman–Crippen LogP) is 27.1. The Balaban J connectivity index is 0.935. The van der Waals surface area contributed by atoms with Gasteiger partial charge in [0.1, 0.15) is 68.6 Å². The molecule has 2 aliphatic heterocycles. The average molecular weight is 1800 g/mol. The molecule has 136 heavy (non-hydrogen) atoms. The molecule has 16 nitrogen and oxygen atoms in total. The highest BCUT2D eigenvalue weighted by molar-refractivity contribution is 6.16. The quantitative estimate of drug-likeness (QED) is 0.0583. The van der Waals surface area contributed by atoms with Crippen LogP contribution < -0.4 is 37.9 Å². The second kappa shape index (κ2) is 32.0. The van der Waals surface area contributed by atoms with Crippen LogP contribution in [-0.4, -0.2) is 92.7 Å². The standard InChI is InChI=1S/C120H114N8O8/c1-57(2)49-129-105-89-81-65-33-17-19-35-67(65)82(68-36-20-18-34-66(68)81)90(89)106(130-50-58(3)4)98-97(105)113-121-114(98)126-116-101-102(110(134-54-62(11)12)94-86-75-43-27-25-41-73(75)85(74-42-26-28-44-76(74)86)93(94)109(101)133-53-61(9)10)118(123-116)128-120-104-103(111(135-55-63(13)14)95-87-77-45-29-31-47-79(77)88(80-48-32-30-46-78(80)87)96(95)112(104)136-56-64(15)16)119(124-120)127-117-100-99(115(122-117)125-113)107(131-51-59(5)6)91-83-69-37-21-23-39-71(69)84(72-40-24-22-38-70(72)83)92(91)108(100)132-52-60(7)8/h17-48,57-64,81-88H,49-56H2,1-16H3,(H2,121,122,123,124,125,126,127,128). The molecule has 0 amide bonds. The molecule has 29 rings (SSSR count). The van der Waals surface area contributed by atoms with E-state index in [9.17, 15) is 0 Å². The fourth-order valence-electron chi connectivity index (χ4n) is 24.3. The highest BCUT2D eigenvalue weighted by atomic mass is 16.5. The van der Waals surface area contributed by atoms with Gasteiger partial charge in [-0.3, -0.25) is 0 Å². The molecule has 682 valence electrons. The monoisotopic (exact) mass is 1790 g/mol. The molecule has 2 N–H and O–H groups in total. The van der Waals surface area contributed by atoms with Crippen LogP contribution in [0.25, 0.3) is 89.7 Å². The van der Waals surface area contributed by atoms with E-state index in [1.807, 2.05) is 0 Å². The number of ether oxygens (including phenoxy) is 8. The molecular weight excluding hydrogens is 1680 g/mol. The lowest BCUT2D eigenvalue weighted by Crippen LogP contribution is -2.29. The molecule has 0 fully saturated rings. The Kier molecular flexibility index (Phi) is 19.8. The Morgan fingerprint density at radius 3 is 0.441 bits per heavy atom. The van der Waals surface area contributed by atoms with Crippen LogP contribution >= 0.6 is 0 Å². The zero-order valence-electron chi connectivity index (χ0n) is 80.3. The van der Waals surface area contributed by atoms with Gasteiger partial charge >= 0.3 is 0 Å². The zero-order chi connectivity index (χ0) is 92.5. The minimum atomic E-state index is -0.294. The van der Waals surface area contributed by atoms with Crippen molar-refractivity contribution in [1.82, 2.24) is 39.9 Å². The van der Waals surface area contributed by atoms with Gasteiger partial charge in [-0.25, -0.2) is 29.9 Å². The summed E-state index contributed by atoms with van der Waals surface area (Å²) >= 11 is 0. The Morgan fingerprint density at radius 1 is 0.184 bits per heavy atom. The molecule has 0 saturated carbocycles. The van der Waals surface area contributed by atoms with Gasteiger partial charge in [-0.1, -0.05) is 305 Å². The fraction of sp³-hybridized carbons (Fsp3) is 0.333. The van der Waals surface area contributed by atoms with Crippen LogP contribution in [0.1, 0.15) is 292 Å². The van der Waals surface area contributed by atoms with Gasteiger partial charge in [-0.05, 0) is 136 Å². The van der Waals surface area contributed by atoms with Crippen LogP contribution in [-0.2, 0) is 0 Å². The number of aromatic amines is 2. The second-order valence-corrected chi connectivity index (χ2v) is 42.7. The number of hydrogen-bond acceptors (Lipinski definition) is 14. The molecule has 15 aromatic rings. The third kappa shape index (κ3) is 12.5. The molecule has 12 aliphatic carbocycles. The number of nitrogens with one attached hydrogen (secondary N) is 2. The maximum Gasteiger partial charge on any atom is 0.168 e. The highest BCUT2D eigenvalue weighted by Gasteiger charge is 2.54. The van der Waals surface area contributed by atoms with Gasteiger partial charge in [0.2, 0.25) is 0 Å². The molecule has 0 spiro atoms. The summed E-state index contributed by atoms with van der Waals surface area (Å²) in [4.78, 5) is 46.4. The van der Waals surface area contributed by atoms with Crippen LogP contribution in [0.4, 0.5) is 0 Å². The van der Waals surface area contributed by atoms with Crippen LogP contribution in [0.15, 0.2) is 194 Å². The molecule has 12 aromatic carbocycles. The average Bonchev–Trinajstić information content (AvgIpc) is 1.37. The van der Waals surface area contributed by atoms with E-state index in [-0.39, 0.29) is 94.7 Å². The lowest BCUT2D eigenvalue weighted by Gasteiger charge is -2.44. The lowest BCUT2D eigenvalue weighted by molar-refractivity contribution is 0.260. The zero-order valence-corrected chi connectivity index (χ0v) is 80.3. The van der Waals surface area contributed by atoms with E-state index in [2.05, 4.69) is 315 Å². The normalized spacial score (nSPS) is 18.2. The lowest BCUT2D eigenvalue weighted by atomic mass is 9.60. The fourth-order valence-corrected chi connectivity index (χ4v) is 24.3. The van der Waals surface area contributed by atoms with Crippen LogP contribution in [0, 0.1) is 47.3 Å². The van der Waals surface area contributed by atoms with Crippen molar-refractivity contribution >= 4 is 44.1 Å². The molecule has 0 radical (unpaired) electrons. The number of benzene rings is 12. The number of H-pyrrole nitrogens is 2. The SMILES string of the molecule is CC(C)COc1c2c(c(OCC(C)C)c3c1C1c4ccccc4C3c3ccccc31)-c1nc-2nc2[nH]c(nc3nc(nc4[nH]c(n1)c1c(OCC(C)C)c5c(c(OCC(C)C)c41)C1c4ccccc4C5c4ccccc41)-c1c(OCC(C)C)c4c(c(OCC(C)C)c1-3)C1c3ccccc3C4c3ccccc31)c1c(OCC(C)C)c3c(c(OCC(C)C)c21)C1c2ccccc2C3c2ccccc21. The Hall–Kier alpha value is -13.6. The molecule has 14 aliphatic rings. The highest BCUT2D eigenvalue weighted by Crippen LogP contribution is 2.71. The smallest absolute Gasteiger partial charge is 0.168 e. The maximum absolute atomic E-state index is 7.92. The van der Waals surface area contributed by atoms with E-state index in [0.29, 0.717) is 189 Å². The number of aromatic nitrogens is 8. The van der Waals surface area contributed by atoms with Crippen LogP contribution in [0.5, 0.6) is 46.0 Å². The molecule has 5 heterocycles. The molecule has 0 unspecified atom stereocenters. The van der Waals surface area contributed by atoms with Crippen molar-refractivity contribution in [3.05, 3.63) is 328 Å². The third-order valence-corrected chi connectivity index (χ3v) is 29.3. The van der Waals surface area contributed by atoms with Crippen molar-refractivity contribution in [2.24, 2.45) is 47.3 Å². The van der Waals surface area contributed by atoms with Crippen molar-refractivity contribution in [3.63, 3.8) is 0 Å². The van der Waals surface area contributed by atoms with Gasteiger partial charge in [0, 0.05) is 91.9 Å². The Labute approximate surface area is 794 Å². The van der Waals surface area contributed by atoms with E-state index >= 15 is 0 Å². The number of fused-ring (bicyclic) bond motifs is 20. The van der Waals surface area contributed by atoms with Crippen molar-refractivity contribution in [1.29, 1.82) is 0 Å². The van der Waals surface area contributed by atoms with Gasteiger partial charge in [0.25, 0.3) is 0 Å². The number of rotatable bonds is 24. The maximum atomic E-state index is 7.92. The molecule has 3 aromatic heterocycles. The van der Waals surface area contributed by atoms with Crippen LogP contribution in [0.3, 0.4) is 0 Å². The largest absolute Gasteiger partial charge is 0.492 e. The minimum absolute atomic E-state index is 0.0784. The van der Waals surface area contributed by atoms with E-state index in [0.717, 1.165) is 44.5 Å². The number of hydrogen-bond donors (Lipinski definition) is 2. The van der Waals surface area contributed by atoms with Gasteiger partial charge in [-0.15, -0.1) is 0 Å². The second-order valence-electron chi connectivity index (χ2n) is 42.7. The predicted molar refractivity (Wildman–Crippen MR) is 538 cm³/mol. The van der Waals surface area contributed by atoms with Crippen molar-refractivity contribution in [2.75, 3.05) is 52.9 Å². The molecule has 16 bridgehead atoms. The summed E-state index contributed by atoms with van der Waals surface area (Å²) < 4.78 is 63.3. The summed E-state index contributed by atoms with van der Waals surface area (Å²) in [5.74, 6) is 5.13. The van der Waals surface area contributed by atoms with Gasteiger partial charge in [-0.2, -0.15) is 0 Å². The Morgan fingerprint density at radius 2 is 0.309 bits per heavy atom. The van der Waals surface area contributed by atoms with Crippen molar-refractivity contribution in [3.8, 4) is 91.5 Å². The summed E-state index contributed by atoms with van der Waals surface area (Å²) in [7, 11) is 0. The topological polar surface area (TPSA) is 183 Å². The van der Waals surface area contributed by atoms with Gasteiger partial charge in [0.05, 0.1) is 96.7 Å². The number of nitrogens with zero attached hydrogens (tertiary/aromatic N) is 6. The molecular formula is C120H114N8O8. The summed E-state index contributed by atoms with van der Waals surface area (Å²) in [6.45, 7) is 38.5. The summed E-state index contributed by atoms with van der Waals surface area (Å²) in [5, 5.41) is 2.73. The first kappa shape index (κ1) is 84.2. The van der Waals surface area contributed by atoms with E-state index < -0.39 is 0 Å². The minimum Gasteiger partial charge on any atom is -0.492 e. The summed E-state index contributed by atoms with van der Waals surface area (Å²) in [6, 6.07) is 72.1. The Bertz CT molecular complexity index is 6680. The van der Waals surface area contributed by atoms with Gasteiger partial charge < -0.3 is 47.9 Å². The molecule has 16 heteroatoms. The summed E-state index contributed by atoms with van der Waals surface area (Å²) in [6.07, 6.45) is 0. The van der Waals surface area contributed by atoms with E-state index in [4.69, 9.17) is 67.8 Å².